The zero-order chi connectivity index (χ0) is 43.3. The third-order valence-corrected chi connectivity index (χ3v) is 11.1. The second-order valence-electron chi connectivity index (χ2n) is 15.4. The minimum Gasteiger partial charge on any atom is -0.506 e. The van der Waals surface area contributed by atoms with Gasteiger partial charge in [-0.05, 0) is 89.2 Å². The molecule has 2 atom stereocenters. The van der Waals surface area contributed by atoms with Crippen molar-refractivity contribution in [1.82, 2.24) is 20.5 Å². The summed E-state index contributed by atoms with van der Waals surface area (Å²) in [6.07, 6.45) is 4.75. The topological polar surface area (TPSA) is 182 Å². The molecule has 1 heterocycles. The SMILES string of the molecule is O=CNC(c1ccccc1)c1cccc(OCc2ccc(C(=O)OCCN(C(=O)Nc3ccc(CNCC(O)c4ccc(O)c5[nH]c(=O)ccc45)cc3)C3CCCCC3)cc2)c1. The summed E-state index contributed by atoms with van der Waals surface area (Å²) in [5.41, 5.74) is 5.19. The summed E-state index contributed by atoms with van der Waals surface area (Å²) in [4.78, 5) is 54.3. The number of pyridine rings is 1. The van der Waals surface area contributed by atoms with Crippen LogP contribution in [0.5, 0.6) is 11.5 Å². The number of carbonyl (C=O) groups is 3. The molecule has 0 radical (unpaired) electrons. The number of rotatable bonds is 18. The Morgan fingerprint density at radius 1 is 0.839 bits per heavy atom. The van der Waals surface area contributed by atoms with Crippen LogP contribution in [0.2, 0.25) is 0 Å². The highest BCUT2D eigenvalue weighted by atomic mass is 16.5. The molecule has 6 N–H and O–H groups in total. The lowest BCUT2D eigenvalue weighted by Crippen LogP contribution is -2.45. The Balaban J connectivity index is 0.881. The van der Waals surface area contributed by atoms with E-state index in [1.165, 1.54) is 12.1 Å². The smallest absolute Gasteiger partial charge is 0.338 e. The average molecular weight is 838 g/mol. The van der Waals surface area contributed by atoms with Crippen LogP contribution in [0.25, 0.3) is 10.9 Å². The summed E-state index contributed by atoms with van der Waals surface area (Å²) in [6, 6.07) is 37.3. The number of aliphatic hydroxyl groups excluding tert-OH is 1. The number of amides is 3. The lowest BCUT2D eigenvalue weighted by atomic mass is 9.94. The van der Waals surface area contributed by atoms with Crippen LogP contribution in [0.1, 0.15) is 82.4 Å². The Morgan fingerprint density at radius 3 is 2.34 bits per heavy atom. The number of aliphatic hydroxyl groups is 1. The summed E-state index contributed by atoms with van der Waals surface area (Å²) in [7, 11) is 0. The van der Waals surface area contributed by atoms with Gasteiger partial charge in [0.05, 0.1) is 29.8 Å². The molecule has 13 nitrogen and oxygen atoms in total. The number of aromatic nitrogens is 1. The summed E-state index contributed by atoms with van der Waals surface area (Å²) >= 11 is 0. The number of ether oxygens (including phenoxy) is 2. The molecule has 1 saturated carbocycles. The van der Waals surface area contributed by atoms with E-state index in [2.05, 4.69) is 20.9 Å². The fourth-order valence-corrected chi connectivity index (χ4v) is 7.86. The molecule has 5 aromatic carbocycles. The maximum Gasteiger partial charge on any atom is 0.338 e. The van der Waals surface area contributed by atoms with Crippen molar-refractivity contribution in [3.8, 4) is 11.5 Å². The van der Waals surface area contributed by atoms with E-state index in [0.29, 0.717) is 40.9 Å². The van der Waals surface area contributed by atoms with Gasteiger partial charge >= 0.3 is 12.0 Å². The van der Waals surface area contributed by atoms with Crippen molar-refractivity contribution in [3.05, 3.63) is 171 Å². The van der Waals surface area contributed by atoms with Gasteiger partial charge in [0.15, 0.2) is 0 Å². The van der Waals surface area contributed by atoms with E-state index in [0.717, 1.165) is 54.4 Å². The predicted molar refractivity (Wildman–Crippen MR) is 237 cm³/mol. The molecular formula is C49H51N5O8. The highest BCUT2D eigenvalue weighted by molar-refractivity contribution is 5.90. The van der Waals surface area contributed by atoms with Crippen LogP contribution in [0.3, 0.4) is 0 Å². The Bertz CT molecular complexity index is 2490. The van der Waals surface area contributed by atoms with E-state index in [1.54, 1.807) is 29.2 Å². The number of hydrogen-bond donors (Lipinski definition) is 6. The molecule has 0 bridgehead atoms. The molecule has 6 aromatic rings. The molecule has 3 amide bonds. The third-order valence-electron chi connectivity index (χ3n) is 11.1. The van der Waals surface area contributed by atoms with Crippen molar-refractivity contribution in [2.75, 3.05) is 25.0 Å². The van der Waals surface area contributed by atoms with Crippen LogP contribution < -0.4 is 26.2 Å². The highest BCUT2D eigenvalue weighted by Crippen LogP contribution is 2.29. The number of carbonyl (C=O) groups excluding carboxylic acids is 3. The first-order valence-corrected chi connectivity index (χ1v) is 20.9. The van der Waals surface area contributed by atoms with Gasteiger partial charge in [0, 0.05) is 36.3 Å². The first kappa shape index (κ1) is 43.1. The minimum absolute atomic E-state index is 0.0359. The monoisotopic (exact) mass is 837 g/mol. The van der Waals surface area contributed by atoms with E-state index in [1.807, 2.05) is 91.0 Å². The molecule has 62 heavy (non-hydrogen) atoms. The molecule has 320 valence electrons. The van der Waals surface area contributed by atoms with Crippen LogP contribution >= 0.6 is 0 Å². The van der Waals surface area contributed by atoms with E-state index >= 15 is 0 Å². The fraction of sp³-hybridized carbons (Fsp3) is 0.265. The number of aromatic hydroxyl groups is 1. The van der Waals surface area contributed by atoms with Gasteiger partial charge in [0.25, 0.3) is 0 Å². The van der Waals surface area contributed by atoms with Crippen molar-refractivity contribution >= 4 is 35.0 Å². The number of phenols is 1. The van der Waals surface area contributed by atoms with Gasteiger partial charge in [-0.15, -0.1) is 0 Å². The predicted octanol–water partition coefficient (Wildman–Crippen LogP) is 7.49. The lowest BCUT2D eigenvalue weighted by Gasteiger charge is -2.34. The Morgan fingerprint density at radius 2 is 1.58 bits per heavy atom. The number of phenolic OH excluding ortho intramolecular Hbond substituents is 1. The van der Waals surface area contributed by atoms with Gasteiger partial charge < -0.3 is 45.5 Å². The quantitative estimate of drug-likeness (QED) is 0.0377. The van der Waals surface area contributed by atoms with E-state index in [-0.39, 0.29) is 61.2 Å². The summed E-state index contributed by atoms with van der Waals surface area (Å²) < 4.78 is 11.7. The van der Waals surface area contributed by atoms with Crippen LogP contribution in [-0.4, -0.2) is 64.2 Å². The maximum atomic E-state index is 13.7. The molecule has 0 aliphatic heterocycles. The number of esters is 1. The van der Waals surface area contributed by atoms with Crippen molar-refractivity contribution in [1.29, 1.82) is 0 Å². The first-order valence-electron chi connectivity index (χ1n) is 20.9. The van der Waals surface area contributed by atoms with Crippen LogP contribution in [0, 0.1) is 0 Å². The molecule has 2 unspecified atom stereocenters. The van der Waals surface area contributed by atoms with Crippen LogP contribution in [-0.2, 0) is 22.7 Å². The number of fused-ring (bicyclic) bond motifs is 1. The van der Waals surface area contributed by atoms with Gasteiger partial charge in [-0.2, -0.15) is 0 Å². The number of nitrogens with one attached hydrogen (secondary N) is 4. The zero-order valence-corrected chi connectivity index (χ0v) is 34.3. The van der Waals surface area contributed by atoms with Gasteiger partial charge in [-0.25, -0.2) is 9.59 Å². The van der Waals surface area contributed by atoms with Crippen LogP contribution in [0.4, 0.5) is 10.5 Å². The molecule has 0 saturated heterocycles. The normalized spacial score (nSPS) is 13.8. The van der Waals surface area contributed by atoms with Gasteiger partial charge in [0.2, 0.25) is 12.0 Å². The molecule has 1 fully saturated rings. The van der Waals surface area contributed by atoms with E-state index < -0.39 is 12.1 Å². The number of benzene rings is 5. The molecule has 1 aliphatic rings. The first-order chi connectivity index (χ1) is 30.2. The van der Waals surface area contributed by atoms with Crippen molar-refractivity contribution < 1.29 is 34.1 Å². The van der Waals surface area contributed by atoms with Crippen LogP contribution in [0.15, 0.2) is 132 Å². The second kappa shape index (κ2) is 21.0. The number of aromatic amines is 1. The largest absolute Gasteiger partial charge is 0.506 e. The summed E-state index contributed by atoms with van der Waals surface area (Å²) in [6.45, 7) is 1.25. The molecule has 1 aliphatic carbocycles. The summed E-state index contributed by atoms with van der Waals surface area (Å²) in [5, 5.41) is 30.8. The Hall–Kier alpha value is -6.96. The van der Waals surface area contributed by atoms with Gasteiger partial charge in [0.1, 0.15) is 24.7 Å². The maximum absolute atomic E-state index is 13.7. The molecule has 13 heteroatoms. The number of anilines is 1. The van der Waals surface area contributed by atoms with E-state index in [9.17, 15) is 29.4 Å². The number of nitrogens with zero attached hydrogens (tertiary/aromatic N) is 1. The van der Waals surface area contributed by atoms with Crippen molar-refractivity contribution in [3.63, 3.8) is 0 Å². The average Bonchev–Trinajstić information content (AvgIpc) is 3.30. The van der Waals surface area contributed by atoms with Gasteiger partial charge in [-0.1, -0.05) is 92.1 Å². The van der Waals surface area contributed by atoms with Crippen molar-refractivity contribution in [2.24, 2.45) is 0 Å². The fourth-order valence-electron chi connectivity index (χ4n) is 7.86. The van der Waals surface area contributed by atoms with Crippen molar-refractivity contribution in [2.45, 2.75) is 63.4 Å². The zero-order valence-electron chi connectivity index (χ0n) is 34.3. The Kier molecular flexibility index (Phi) is 14.6. The highest BCUT2D eigenvalue weighted by Gasteiger charge is 2.26. The number of H-pyrrole nitrogens is 1. The van der Waals surface area contributed by atoms with Gasteiger partial charge in [-0.3, -0.25) is 9.59 Å². The molecule has 1 aromatic heterocycles. The van der Waals surface area contributed by atoms with E-state index in [4.69, 9.17) is 9.47 Å². The second-order valence-corrected chi connectivity index (χ2v) is 15.4. The molecule has 0 spiro atoms. The lowest BCUT2D eigenvalue weighted by molar-refractivity contribution is -0.110. The number of hydrogen-bond acceptors (Lipinski definition) is 9. The third kappa shape index (κ3) is 11.2. The summed E-state index contributed by atoms with van der Waals surface area (Å²) in [5.74, 6) is 0.103. The minimum atomic E-state index is -0.886. The number of urea groups is 1. The Labute approximate surface area is 359 Å². The standard InChI is InChI=1S/C49H51N5O8/c55-32-51-46(35-8-3-1-4-9-35)37-10-7-13-40(28-37)62-31-34-14-18-36(19-15-34)48(59)61-27-26-54(39-11-5-2-6-12-39)49(60)52-38-20-16-33(17-21-38)29-50-30-44(57)41-22-24-43(56)47-42(41)23-25-45(58)53-47/h1,3-4,7-10,13-25,28,32,39,44,46,50,56-57H,2,5-6,11-12,26-27,29-31H2,(H,51,55)(H,52,60)(H,53,58). The molecule has 7 rings (SSSR count). The molecular weight excluding hydrogens is 787 g/mol.